The van der Waals surface area contributed by atoms with Gasteiger partial charge in [0.05, 0.1) is 6.54 Å². The van der Waals surface area contributed by atoms with Crippen molar-refractivity contribution in [3.05, 3.63) is 0 Å². The van der Waals surface area contributed by atoms with Crippen molar-refractivity contribution >= 4 is 5.97 Å². The summed E-state index contributed by atoms with van der Waals surface area (Å²) in [5.41, 5.74) is 4.57. The van der Waals surface area contributed by atoms with E-state index in [-0.39, 0.29) is 59.3 Å². The van der Waals surface area contributed by atoms with E-state index in [1.165, 1.54) is 0 Å². The molecule has 0 aliphatic heterocycles. The van der Waals surface area contributed by atoms with Crippen molar-refractivity contribution in [1.29, 1.82) is 0 Å². The second-order valence-corrected chi connectivity index (χ2v) is 0.598. The third-order valence-electron chi connectivity index (χ3n) is 0.175. The van der Waals surface area contributed by atoms with Crippen molar-refractivity contribution < 1.29 is 62.6 Å². The standard InChI is InChI=1S/C2H5NO2.Co.Ni.Zn/c3-1-2(4)5;;;/h1,3H2,(H,4,5);;;. The Hall–Kier alpha value is 1.05. The van der Waals surface area contributed by atoms with Gasteiger partial charge in [0.1, 0.15) is 0 Å². The number of hydrogen-bond donors (Lipinski definition) is 2. The van der Waals surface area contributed by atoms with Gasteiger partial charge in [-0.3, -0.25) is 4.79 Å². The number of aliphatic carboxylic acids is 1. The third kappa shape index (κ3) is 27.7. The molecule has 0 fully saturated rings. The van der Waals surface area contributed by atoms with E-state index in [2.05, 4.69) is 5.73 Å². The van der Waals surface area contributed by atoms with Gasteiger partial charge in [-0.1, -0.05) is 0 Å². The molecule has 3 N–H and O–H groups in total. The van der Waals surface area contributed by atoms with Crippen LogP contribution >= 0.6 is 0 Å². The first-order chi connectivity index (χ1) is 2.27. The summed E-state index contributed by atoms with van der Waals surface area (Å²) in [7, 11) is 0. The van der Waals surface area contributed by atoms with Gasteiger partial charge in [0.15, 0.2) is 0 Å². The normalized spacial score (nSPS) is 4.62. The van der Waals surface area contributed by atoms with Gasteiger partial charge in [0.2, 0.25) is 0 Å². The predicted molar refractivity (Wildman–Crippen MR) is 16.7 cm³/mol. The molecular weight excluding hydrogens is 253 g/mol. The minimum absolute atomic E-state index is 0. The van der Waals surface area contributed by atoms with Crippen molar-refractivity contribution in [3.8, 4) is 0 Å². The van der Waals surface area contributed by atoms with E-state index in [1.54, 1.807) is 0 Å². The SMILES string of the molecule is NCC(=O)O.[Co].[Ni].[Zn]. The molecule has 0 atom stereocenters. The average molecular weight is 258 g/mol. The molecule has 0 spiro atoms. The molecule has 0 heterocycles. The van der Waals surface area contributed by atoms with Crippen LogP contribution in [0.25, 0.3) is 0 Å². The van der Waals surface area contributed by atoms with Gasteiger partial charge >= 0.3 is 5.97 Å². The van der Waals surface area contributed by atoms with E-state index in [0.717, 1.165) is 0 Å². The van der Waals surface area contributed by atoms with Crippen molar-refractivity contribution in [2.45, 2.75) is 0 Å². The molecule has 0 aromatic heterocycles. The number of carbonyl (C=O) groups is 1. The van der Waals surface area contributed by atoms with Crippen LogP contribution in [0, 0.1) is 0 Å². The molecular formula is C2H5CoNNiO2Zn. The van der Waals surface area contributed by atoms with Gasteiger partial charge in [-0.25, -0.2) is 0 Å². The van der Waals surface area contributed by atoms with Crippen LogP contribution in [0.1, 0.15) is 0 Å². The van der Waals surface area contributed by atoms with Crippen LogP contribution in [0.15, 0.2) is 0 Å². The van der Waals surface area contributed by atoms with Crippen LogP contribution in [0.2, 0.25) is 0 Å². The fourth-order valence-corrected chi connectivity index (χ4v) is 0. The molecule has 8 heavy (non-hydrogen) atoms. The van der Waals surface area contributed by atoms with Gasteiger partial charge < -0.3 is 10.8 Å². The fraction of sp³-hybridized carbons (Fsp3) is 0.500. The minimum Gasteiger partial charge on any atom is -0.480 e. The van der Waals surface area contributed by atoms with Crippen molar-refractivity contribution in [2.75, 3.05) is 6.54 Å². The van der Waals surface area contributed by atoms with E-state index >= 15 is 0 Å². The smallest absolute Gasteiger partial charge is 0.317 e. The Bertz CT molecular complexity index is 55.3. The Morgan fingerprint density at radius 2 is 1.75 bits per heavy atom. The predicted octanol–water partition coefficient (Wildman–Crippen LogP) is -0.978. The van der Waals surface area contributed by atoms with E-state index in [9.17, 15) is 4.79 Å². The Labute approximate surface area is 80.6 Å². The van der Waals surface area contributed by atoms with Crippen LogP contribution in [0.3, 0.4) is 0 Å². The van der Waals surface area contributed by atoms with Gasteiger partial charge in [-0.05, 0) is 0 Å². The third-order valence-corrected chi connectivity index (χ3v) is 0.175. The zero-order valence-electron chi connectivity index (χ0n) is 4.00. The summed E-state index contributed by atoms with van der Waals surface area (Å²) in [5, 5.41) is 7.60. The first kappa shape index (κ1) is 23.0. The molecule has 6 heteroatoms. The number of nitrogens with two attached hydrogens (primary N) is 1. The average Bonchev–Trinajstić information content (AvgIpc) is 1.38. The summed E-state index contributed by atoms with van der Waals surface area (Å²) >= 11 is 0. The summed E-state index contributed by atoms with van der Waals surface area (Å²) < 4.78 is 0. The molecule has 0 amide bonds. The van der Waals surface area contributed by atoms with E-state index in [1.807, 2.05) is 0 Å². The molecule has 0 saturated heterocycles. The van der Waals surface area contributed by atoms with Crippen LogP contribution < -0.4 is 5.73 Å². The summed E-state index contributed by atoms with van der Waals surface area (Å²) in [6.07, 6.45) is 0. The van der Waals surface area contributed by atoms with Crippen LogP contribution in [-0.4, -0.2) is 17.6 Å². The van der Waals surface area contributed by atoms with Crippen molar-refractivity contribution in [3.63, 3.8) is 0 Å². The van der Waals surface area contributed by atoms with Gasteiger partial charge in [-0.15, -0.1) is 0 Å². The first-order valence-electron chi connectivity index (χ1n) is 1.19. The molecule has 0 aromatic carbocycles. The second-order valence-electron chi connectivity index (χ2n) is 0.598. The zero-order valence-corrected chi connectivity index (χ0v) is 8.99. The number of hydrogen-bond acceptors (Lipinski definition) is 2. The number of rotatable bonds is 1. The monoisotopic (exact) mass is 256 g/mol. The molecule has 0 aromatic rings. The maximum atomic E-state index is 9.24. The van der Waals surface area contributed by atoms with Gasteiger partial charge in [0, 0.05) is 52.7 Å². The quantitative estimate of drug-likeness (QED) is 0.594. The topological polar surface area (TPSA) is 63.3 Å². The van der Waals surface area contributed by atoms with Gasteiger partial charge in [-0.2, -0.15) is 0 Å². The van der Waals surface area contributed by atoms with E-state index in [4.69, 9.17) is 5.11 Å². The summed E-state index contributed by atoms with van der Waals surface area (Å²) in [4.78, 5) is 9.24. The molecule has 1 radical (unpaired) electrons. The Morgan fingerprint density at radius 3 is 1.75 bits per heavy atom. The van der Waals surface area contributed by atoms with Gasteiger partial charge in [0.25, 0.3) is 0 Å². The molecule has 0 aliphatic rings. The van der Waals surface area contributed by atoms with Crippen molar-refractivity contribution in [1.82, 2.24) is 0 Å². The second kappa shape index (κ2) is 15.7. The maximum Gasteiger partial charge on any atom is 0.317 e. The molecule has 0 bridgehead atoms. The Balaban J connectivity index is -0.0000000267. The number of carboxylic acid groups (broad SMARTS) is 1. The molecule has 0 rings (SSSR count). The molecule has 51 valence electrons. The van der Waals surface area contributed by atoms with E-state index in [0.29, 0.717) is 0 Å². The minimum atomic E-state index is -0.968. The van der Waals surface area contributed by atoms with Crippen LogP contribution in [0.5, 0.6) is 0 Å². The summed E-state index contributed by atoms with van der Waals surface area (Å²) in [6, 6.07) is 0. The zero-order chi connectivity index (χ0) is 4.28. The van der Waals surface area contributed by atoms with Crippen LogP contribution in [-0.2, 0) is 57.5 Å². The number of carboxylic acids is 1. The fourth-order valence-electron chi connectivity index (χ4n) is 0. The molecule has 3 nitrogen and oxygen atoms in total. The molecule has 0 aliphatic carbocycles. The first-order valence-corrected chi connectivity index (χ1v) is 1.19. The molecule has 0 saturated carbocycles. The van der Waals surface area contributed by atoms with Crippen LogP contribution in [0.4, 0.5) is 0 Å². The Morgan fingerprint density at radius 1 is 1.62 bits per heavy atom. The summed E-state index contributed by atoms with van der Waals surface area (Å²) in [6.45, 7) is -0.278. The van der Waals surface area contributed by atoms with E-state index < -0.39 is 5.97 Å². The largest absolute Gasteiger partial charge is 0.480 e. The summed E-state index contributed by atoms with van der Waals surface area (Å²) in [5.74, 6) is -0.968. The van der Waals surface area contributed by atoms with Crippen molar-refractivity contribution in [2.24, 2.45) is 5.73 Å². The molecule has 0 unspecified atom stereocenters. The maximum absolute atomic E-state index is 9.24. The Kier molecular flexibility index (Phi) is 45.1.